The lowest BCUT2D eigenvalue weighted by molar-refractivity contribution is 0.215. The maximum absolute atomic E-state index is 8.64. The van der Waals surface area contributed by atoms with Crippen molar-refractivity contribution in [2.45, 2.75) is 19.4 Å². The third-order valence-corrected chi connectivity index (χ3v) is 3.34. The number of nitrogens with zero attached hydrogens (tertiary/aromatic N) is 2. The smallest absolute Gasteiger partial charge is 0.203 e. The van der Waals surface area contributed by atoms with Crippen molar-refractivity contribution in [3.63, 3.8) is 0 Å². The van der Waals surface area contributed by atoms with Crippen LogP contribution in [0.25, 0.3) is 0 Å². The summed E-state index contributed by atoms with van der Waals surface area (Å²) in [5.74, 6) is 2.01. The van der Waals surface area contributed by atoms with Crippen molar-refractivity contribution in [3.8, 4) is 6.07 Å². The first-order valence-corrected chi connectivity index (χ1v) is 6.16. The molecule has 1 fully saturated rings. The van der Waals surface area contributed by atoms with E-state index in [4.69, 9.17) is 9.68 Å². The number of rotatable bonds is 4. The van der Waals surface area contributed by atoms with Crippen LogP contribution in [0.1, 0.15) is 24.4 Å². The largest absolute Gasteiger partial charge is 0.449 e. The summed E-state index contributed by atoms with van der Waals surface area (Å²) in [6.45, 7) is 4.15. The van der Waals surface area contributed by atoms with Gasteiger partial charge in [0.15, 0.2) is 0 Å². The number of furan rings is 1. The third-order valence-electron chi connectivity index (χ3n) is 3.34. The summed E-state index contributed by atoms with van der Waals surface area (Å²) >= 11 is 0. The van der Waals surface area contributed by atoms with Gasteiger partial charge in [-0.25, -0.2) is 0 Å². The summed E-state index contributed by atoms with van der Waals surface area (Å²) < 4.78 is 5.31. The second-order valence-corrected chi connectivity index (χ2v) is 4.76. The van der Waals surface area contributed by atoms with Gasteiger partial charge in [-0.1, -0.05) is 0 Å². The quantitative estimate of drug-likeness (QED) is 0.858. The number of nitriles is 1. The standard InChI is InChI=1S/C13H19N3O/c1-16-6-4-11(5-7-16)9-15-10-13-3-2-12(8-14)17-13/h2-3,11,15H,4-7,9-10H2,1H3. The number of nitrogens with one attached hydrogen (secondary N) is 1. The highest BCUT2D eigenvalue weighted by Gasteiger charge is 2.16. The normalized spacial score (nSPS) is 18.1. The molecule has 92 valence electrons. The van der Waals surface area contributed by atoms with Gasteiger partial charge in [-0.2, -0.15) is 5.26 Å². The van der Waals surface area contributed by atoms with Crippen LogP contribution in [0.5, 0.6) is 0 Å². The van der Waals surface area contributed by atoms with Crippen LogP contribution in [-0.2, 0) is 6.54 Å². The molecule has 0 aliphatic carbocycles. The highest BCUT2D eigenvalue weighted by molar-refractivity contribution is 5.18. The van der Waals surface area contributed by atoms with E-state index in [1.165, 1.54) is 25.9 Å². The molecular formula is C13H19N3O. The van der Waals surface area contributed by atoms with Crippen LogP contribution in [-0.4, -0.2) is 31.6 Å². The van der Waals surface area contributed by atoms with E-state index in [-0.39, 0.29) is 0 Å². The molecular weight excluding hydrogens is 214 g/mol. The molecule has 1 saturated heterocycles. The second-order valence-electron chi connectivity index (χ2n) is 4.76. The van der Waals surface area contributed by atoms with Crippen molar-refractivity contribution in [1.82, 2.24) is 10.2 Å². The first kappa shape index (κ1) is 12.2. The van der Waals surface area contributed by atoms with Crippen molar-refractivity contribution in [1.29, 1.82) is 5.26 Å². The minimum atomic E-state index is 0.390. The van der Waals surface area contributed by atoms with Crippen molar-refractivity contribution in [2.75, 3.05) is 26.7 Å². The molecule has 0 aromatic carbocycles. The van der Waals surface area contributed by atoms with Crippen LogP contribution < -0.4 is 5.32 Å². The lowest BCUT2D eigenvalue weighted by atomic mass is 9.97. The predicted octanol–water partition coefficient (Wildman–Crippen LogP) is 1.58. The summed E-state index contributed by atoms with van der Waals surface area (Å²) in [5.41, 5.74) is 0. The van der Waals surface area contributed by atoms with E-state index in [0.29, 0.717) is 12.3 Å². The zero-order valence-corrected chi connectivity index (χ0v) is 10.3. The van der Waals surface area contributed by atoms with Gasteiger partial charge in [-0.05, 0) is 57.6 Å². The third kappa shape index (κ3) is 3.58. The highest BCUT2D eigenvalue weighted by atomic mass is 16.3. The van der Waals surface area contributed by atoms with Gasteiger partial charge in [0.1, 0.15) is 11.8 Å². The van der Waals surface area contributed by atoms with Crippen LogP contribution in [0, 0.1) is 17.2 Å². The second kappa shape index (κ2) is 5.85. The highest BCUT2D eigenvalue weighted by Crippen LogP contribution is 2.15. The van der Waals surface area contributed by atoms with Gasteiger partial charge >= 0.3 is 0 Å². The van der Waals surface area contributed by atoms with Gasteiger partial charge in [0.25, 0.3) is 0 Å². The average molecular weight is 233 g/mol. The van der Waals surface area contributed by atoms with Crippen LogP contribution in [0.15, 0.2) is 16.5 Å². The van der Waals surface area contributed by atoms with Gasteiger partial charge in [0.2, 0.25) is 5.76 Å². The zero-order chi connectivity index (χ0) is 12.1. The fourth-order valence-electron chi connectivity index (χ4n) is 2.20. The minimum absolute atomic E-state index is 0.390. The summed E-state index contributed by atoms with van der Waals surface area (Å²) in [7, 11) is 2.18. The van der Waals surface area contributed by atoms with E-state index < -0.39 is 0 Å². The van der Waals surface area contributed by atoms with Gasteiger partial charge in [-0.15, -0.1) is 0 Å². The number of likely N-dealkylation sites (tertiary alicyclic amines) is 1. The molecule has 4 nitrogen and oxygen atoms in total. The molecule has 0 bridgehead atoms. The molecule has 17 heavy (non-hydrogen) atoms. The Labute approximate surface area is 102 Å². The maximum atomic E-state index is 8.64. The number of hydrogen-bond acceptors (Lipinski definition) is 4. The van der Waals surface area contributed by atoms with Crippen molar-refractivity contribution >= 4 is 0 Å². The molecule has 1 aliphatic rings. The number of piperidine rings is 1. The zero-order valence-electron chi connectivity index (χ0n) is 10.3. The molecule has 1 aliphatic heterocycles. The topological polar surface area (TPSA) is 52.2 Å². The molecule has 4 heteroatoms. The van der Waals surface area contributed by atoms with E-state index >= 15 is 0 Å². The lowest BCUT2D eigenvalue weighted by Gasteiger charge is -2.28. The van der Waals surface area contributed by atoms with E-state index in [1.807, 2.05) is 12.1 Å². The van der Waals surface area contributed by atoms with E-state index in [2.05, 4.69) is 17.3 Å². The van der Waals surface area contributed by atoms with Crippen molar-refractivity contribution in [2.24, 2.45) is 5.92 Å². The molecule has 0 amide bonds. The van der Waals surface area contributed by atoms with E-state index in [0.717, 1.165) is 18.2 Å². The Bertz CT molecular complexity index is 386. The maximum Gasteiger partial charge on any atom is 0.203 e. The fourth-order valence-corrected chi connectivity index (χ4v) is 2.20. The van der Waals surface area contributed by atoms with E-state index in [1.54, 1.807) is 6.07 Å². The fraction of sp³-hybridized carbons (Fsp3) is 0.615. The molecule has 0 radical (unpaired) electrons. The van der Waals surface area contributed by atoms with Crippen LogP contribution in [0.4, 0.5) is 0 Å². The summed E-state index contributed by atoms with van der Waals surface area (Å²) in [6.07, 6.45) is 2.54. The summed E-state index contributed by atoms with van der Waals surface area (Å²) in [4.78, 5) is 2.38. The Morgan fingerprint density at radius 3 is 2.88 bits per heavy atom. The predicted molar refractivity (Wildman–Crippen MR) is 65.4 cm³/mol. The molecule has 2 rings (SSSR count). The summed E-state index contributed by atoms with van der Waals surface area (Å²) in [6, 6.07) is 5.57. The lowest BCUT2D eigenvalue weighted by Crippen LogP contribution is -2.34. The van der Waals surface area contributed by atoms with Crippen LogP contribution >= 0.6 is 0 Å². The van der Waals surface area contributed by atoms with Crippen LogP contribution in [0.3, 0.4) is 0 Å². The van der Waals surface area contributed by atoms with Crippen LogP contribution in [0.2, 0.25) is 0 Å². The Morgan fingerprint density at radius 1 is 1.47 bits per heavy atom. The molecule has 1 aromatic heterocycles. The number of hydrogen-bond donors (Lipinski definition) is 1. The van der Waals surface area contributed by atoms with Gasteiger partial charge in [0, 0.05) is 0 Å². The molecule has 0 saturated carbocycles. The van der Waals surface area contributed by atoms with E-state index in [9.17, 15) is 0 Å². The summed E-state index contributed by atoms with van der Waals surface area (Å²) in [5, 5.41) is 12.0. The van der Waals surface area contributed by atoms with Gasteiger partial charge < -0.3 is 14.6 Å². The van der Waals surface area contributed by atoms with Crippen molar-refractivity contribution in [3.05, 3.63) is 23.7 Å². The van der Waals surface area contributed by atoms with Crippen molar-refractivity contribution < 1.29 is 4.42 Å². The Hall–Kier alpha value is -1.31. The Morgan fingerprint density at radius 2 is 2.24 bits per heavy atom. The first-order valence-electron chi connectivity index (χ1n) is 6.16. The Kier molecular flexibility index (Phi) is 4.18. The molecule has 2 heterocycles. The molecule has 1 N–H and O–H groups in total. The molecule has 0 spiro atoms. The Balaban J connectivity index is 1.67. The monoisotopic (exact) mass is 233 g/mol. The average Bonchev–Trinajstić information content (AvgIpc) is 2.80. The van der Waals surface area contributed by atoms with Gasteiger partial charge in [0.05, 0.1) is 6.54 Å². The van der Waals surface area contributed by atoms with Gasteiger partial charge in [-0.3, -0.25) is 0 Å². The molecule has 0 atom stereocenters. The molecule has 1 aromatic rings. The first-order chi connectivity index (χ1) is 8.28. The minimum Gasteiger partial charge on any atom is -0.449 e. The molecule has 0 unspecified atom stereocenters. The SMILES string of the molecule is CN1CCC(CNCc2ccc(C#N)o2)CC1.